The summed E-state index contributed by atoms with van der Waals surface area (Å²) in [6.07, 6.45) is 2.46. The van der Waals surface area contributed by atoms with Gasteiger partial charge in [0.1, 0.15) is 0 Å². The molecule has 0 bridgehead atoms. The van der Waals surface area contributed by atoms with Gasteiger partial charge in [-0.15, -0.1) is 11.6 Å². The molecule has 2 fully saturated rings. The normalized spacial score (nSPS) is 29.6. The first-order valence-electron chi connectivity index (χ1n) is 5.79. The van der Waals surface area contributed by atoms with E-state index in [0.29, 0.717) is 12.5 Å². The molecule has 2 aliphatic rings. The standard InChI is InChI=1S/C13H15ClO2/c14-7-12-8-15-13(16-12)11-3-1-2-10(6-11)9-4-5-9/h1-3,6,9,12-13H,4-5,7-8H2. The van der Waals surface area contributed by atoms with Crippen molar-refractivity contribution in [1.29, 1.82) is 0 Å². The van der Waals surface area contributed by atoms with Crippen molar-refractivity contribution in [3.05, 3.63) is 35.4 Å². The number of hydrogen-bond acceptors (Lipinski definition) is 2. The molecule has 1 aromatic carbocycles. The fourth-order valence-corrected chi connectivity index (χ4v) is 2.24. The van der Waals surface area contributed by atoms with E-state index in [4.69, 9.17) is 21.1 Å². The average molecular weight is 239 g/mol. The molecule has 1 heterocycles. The first kappa shape index (κ1) is 10.6. The maximum atomic E-state index is 5.75. The van der Waals surface area contributed by atoms with E-state index in [1.165, 1.54) is 18.4 Å². The van der Waals surface area contributed by atoms with E-state index in [1.807, 2.05) is 0 Å². The summed E-state index contributed by atoms with van der Waals surface area (Å²) in [6.45, 7) is 0.599. The number of benzene rings is 1. The van der Waals surface area contributed by atoms with Gasteiger partial charge in [0, 0.05) is 5.56 Å². The molecule has 1 saturated heterocycles. The first-order valence-corrected chi connectivity index (χ1v) is 6.33. The Bertz CT molecular complexity index is 376. The molecule has 1 aromatic rings. The highest BCUT2D eigenvalue weighted by Gasteiger charge is 2.28. The van der Waals surface area contributed by atoms with Gasteiger partial charge in [-0.05, 0) is 24.3 Å². The Morgan fingerprint density at radius 2 is 2.06 bits per heavy atom. The van der Waals surface area contributed by atoms with Crippen LogP contribution in [0.15, 0.2) is 24.3 Å². The number of rotatable bonds is 3. The zero-order chi connectivity index (χ0) is 11.0. The van der Waals surface area contributed by atoms with Gasteiger partial charge < -0.3 is 9.47 Å². The largest absolute Gasteiger partial charge is 0.346 e. The van der Waals surface area contributed by atoms with E-state index in [2.05, 4.69) is 24.3 Å². The molecule has 0 spiro atoms. The molecule has 1 aliphatic carbocycles. The van der Waals surface area contributed by atoms with Crippen molar-refractivity contribution in [3.8, 4) is 0 Å². The molecule has 1 aliphatic heterocycles. The summed E-state index contributed by atoms with van der Waals surface area (Å²) in [4.78, 5) is 0. The fraction of sp³-hybridized carbons (Fsp3) is 0.538. The van der Waals surface area contributed by atoms with E-state index in [9.17, 15) is 0 Å². The molecular weight excluding hydrogens is 224 g/mol. The van der Waals surface area contributed by atoms with Crippen molar-refractivity contribution in [2.75, 3.05) is 12.5 Å². The van der Waals surface area contributed by atoms with E-state index in [1.54, 1.807) is 0 Å². The van der Waals surface area contributed by atoms with E-state index < -0.39 is 0 Å². The number of halogens is 1. The Hall–Kier alpha value is -0.570. The van der Waals surface area contributed by atoms with Crippen LogP contribution in [0, 0.1) is 0 Å². The lowest BCUT2D eigenvalue weighted by Crippen LogP contribution is -2.10. The zero-order valence-corrected chi connectivity index (χ0v) is 9.82. The number of alkyl halides is 1. The summed E-state index contributed by atoms with van der Waals surface area (Å²) in [7, 11) is 0. The van der Waals surface area contributed by atoms with Crippen molar-refractivity contribution in [2.24, 2.45) is 0 Å². The quantitative estimate of drug-likeness (QED) is 0.753. The van der Waals surface area contributed by atoms with Crippen molar-refractivity contribution in [2.45, 2.75) is 31.2 Å². The van der Waals surface area contributed by atoms with Crippen LogP contribution in [0.25, 0.3) is 0 Å². The van der Waals surface area contributed by atoms with Gasteiger partial charge in [-0.1, -0.05) is 24.3 Å². The highest BCUT2D eigenvalue weighted by molar-refractivity contribution is 6.18. The maximum absolute atomic E-state index is 5.75. The summed E-state index contributed by atoms with van der Waals surface area (Å²) in [5.74, 6) is 1.27. The van der Waals surface area contributed by atoms with Gasteiger partial charge in [-0.25, -0.2) is 0 Å². The monoisotopic (exact) mass is 238 g/mol. The number of ether oxygens (including phenoxy) is 2. The summed E-state index contributed by atoms with van der Waals surface area (Å²) >= 11 is 5.75. The van der Waals surface area contributed by atoms with Crippen LogP contribution in [0.2, 0.25) is 0 Å². The molecule has 2 nitrogen and oxygen atoms in total. The molecule has 0 radical (unpaired) electrons. The van der Waals surface area contributed by atoms with Crippen LogP contribution in [-0.2, 0) is 9.47 Å². The summed E-state index contributed by atoms with van der Waals surface area (Å²) < 4.78 is 11.3. The Morgan fingerprint density at radius 1 is 1.25 bits per heavy atom. The molecule has 2 atom stereocenters. The lowest BCUT2D eigenvalue weighted by molar-refractivity contribution is -0.0567. The Morgan fingerprint density at radius 3 is 2.75 bits per heavy atom. The van der Waals surface area contributed by atoms with E-state index >= 15 is 0 Å². The van der Waals surface area contributed by atoms with Gasteiger partial charge in [0.05, 0.1) is 18.6 Å². The SMILES string of the molecule is ClCC1COC(c2cccc(C3CC3)c2)O1. The molecule has 3 rings (SSSR count). The minimum Gasteiger partial charge on any atom is -0.346 e. The smallest absolute Gasteiger partial charge is 0.184 e. The first-order chi connectivity index (χ1) is 7.86. The molecule has 0 amide bonds. The highest BCUT2D eigenvalue weighted by Crippen LogP contribution is 2.41. The second-order valence-corrected chi connectivity index (χ2v) is 4.83. The third kappa shape index (κ3) is 2.10. The second kappa shape index (κ2) is 4.36. The third-order valence-corrected chi connectivity index (χ3v) is 3.50. The maximum Gasteiger partial charge on any atom is 0.184 e. The van der Waals surface area contributed by atoms with Gasteiger partial charge in [-0.2, -0.15) is 0 Å². The Kier molecular flexibility index (Phi) is 2.88. The summed E-state index contributed by atoms with van der Waals surface area (Å²) in [5, 5.41) is 0. The molecule has 16 heavy (non-hydrogen) atoms. The van der Waals surface area contributed by atoms with Crippen LogP contribution in [0.1, 0.15) is 36.2 Å². The van der Waals surface area contributed by atoms with Crippen LogP contribution >= 0.6 is 11.6 Å². The van der Waals surface area contributed by atoms with Gasteiger partial charge in [0.15, 0.2) is 6.29 Å². The average Bonchev–Trinajstić information content (AvgIpc) is 3.07. The lowest BCUT2D eigenvalue weighted by atomic mass is 10.1. The topological polar surface area (TPSA) is 18.5 Å². The van der Waals surface area contributed by atoms with Crippen molar-refractivity contribution in [3.63, 3.8) is 0 Å². The van der Waals surface area contributed by atoms with Crippen LogP contribution in [0.3, 0.4) is 0 Å². The molecule has 86 valence electrons. The molecular formula is C13H15ClO2. The van der Waals surface area contributed by atoms with Crippen molar-refractivity contribution >= 4 is 11.6 Å². The Balaban J connectivity index is 1.76. The minimum atomic E-state index is -0.220. The van der Waals surface area contributed by atoms with Crippen molar-refractivity contribution in [1.82, 2.24) is 0 Å². The van der Waals surface area contributed by atoms with Crippen LogP contribution in [-0.4, -0.2) is 18.6 Å². The highest BCUT2D eigenvalue weighted by atomic mass is 35.5. The number of hydrogen-bond donors (Lipinski definition) is 0. The van der Waals surface area contributed by atoms with Gasteiger partial charge in [-0.3, -0.25) is 0 Å². The molecule has 2 unspecified atom stereocenters. The lowest BCUT2D eigenvalue weighted by Gasteiger charge is -2.11. The predicted octanol–water partition coefficient (Wildman–Crippen LogP) is 3.22. The van der Waals surface area contributed by atoms with Crippen molar-refractivity contribution < 1.29 is 9.47 Å². The van der Waals surface area contributed by atoms with Gasteiger partial charge in [0.2, 0.25) is 0 Å². The molecule has 3 heteroatoms. The van der Waals surface area contributed by atoms with E-state index in [-0.39, 0.29) is 12.4 Å². The minimum absolute atomic E-state index is 0.0382. The molecule has 1 saturated carbocycles. The van der Waals surface area contributed by atoms with Crippen LogP contribution < -0.4 is 0 Å². The van der Waals surface area contributed by atoms with E-state index in [0.717, 1.165) is 11.5 Å². The van der Waals surface area contributed by atoms with Crippen LogP contribution in [0.5, 0.6) is 0 Å². The van der Waals surface area contributed by atoms with Gasteiger partial charge >= 0.3 is 0 Å². The van der Waals surface area contributed by atoms with Gasteiger partial charge in [0.25, 0.3) is 0 Å². The molecule has 0 N–H and O–H groups in total. The Labute approximate surface area is 101 Å². The fourth-order valence-electron chi connectivity index (χ4n) is 2.08. The van der Waals surface area contributed by atoms with Crippen LogP contribution in [0.4, 0.5) is 0 Å². The second-order valence-electron chi connectivity index (χ2n) is 4.52. The third-order valence-electron chi connectivity index (χ3n) is 3.15. The zero-order valence-electron chi connectivity index (χ0n) is 9.06. The molecule has 0 aromatic heterocycles. The summed E-state index contributed by atoms with van der Waals surface area (Å²) in [5.41, 5.74) is 2.54. The summed E-state index contributed by atoms with van der Waals surface area (Å²) in [6, 6.07) is 8.55. The predicted molar refractivity (Wildman–Crippen MR) is 62.7 cm³/mol.